The van der Waals surface area contributed by atoms with Gasteiger partial charge in [-0.25, -0.2) is 0 Å². The summed E-state index contributed by atoms with van der Waals surface area (Å²) in [6.07, 6.45) is 0.855. The molecule has 0 aliphatic heterocycles. The number of hydrogen-bond acceptors (Lipinski definition) is 2. The zero-order valence-electron chi connectivity index (χ0n) is 15.1. The number of ether oxygens (including phenoxy) is 1. The summed E-state index contributed by atoms with van der Waals surface area (Å²) in [7, 11) is 4.33. The molecule has 0 heterocycles. The maximum absolute atomic E-state index is 12.0. The Morgan fingerprint density at radius 1 is 1.17 bits per heavy atom. The summed E-state index contributed by atoms with van der Waals surface area (Å²) >= 11 is 0. The summed E-state index contributed by atoms with van der Waals surface area (Å²) < 4.78 is 6.28. The number of rotatable bonds is 7. The van der Waals surface area contributed by atoms with E-state index in [0.717, 1.165) is 24.0 Å². The van der Waals surface area contributed by atoms with Crippen molar-refractivity contribution in [1.29, 1.82) is 0 Å². The van der Waals surface area contributed by atoms with Crippen molar-refractivity contribution in [3.8, 4) is 0 Å². The van der Waals surface area contributed by atoms with Crippen molar-refractivity contribution < 1.29 is 14.0 Å². The molecule has 0 amide bonds. The number of benzene rings is 1. The third-order valence-corrected chi connectivity index (χ3v) is 3.72. The van der Waals surface area contributed by atoms with Gasteiger partial charge < -0.3 is 9.22 Å². The first-order valence-electron chi connectivity index (χ1n) is 8.12. The van der Waals surface area contributed by atoms with Crippen molar-refractivity contribution in [2.24, 2.45) is 11.3 Å². The first-order chi connectivity index (χ1) is 10.1. The number of likely N-dealkylation sites (N-methyl/N-ethyl adjacent to an activating group) is 1. The molecule has 1 rings (SSSR count). The summed E-state index contributed by atoms with van der Waals surface area (Å²) in [6, 6.07) is 10.4. The molecule has 0 aliphatic carbocycles. The molecule has 1 aromatic rings. The number of carbonyl (C=O) groups excluding carboxylic acids is 1. The van der Waals surface area contributed by atoms with Gasteiger partial charge >= 0.3 is 5.97 Å². The quantitative estimate of drug-likeness (QED) is 0.545. The van der Waals surface area contributed by atoms with Crippen LogP contribution in [0.1, 0.15) is 47.1 Å². The summed E-state index contributed by atoms with van der Waals surface area (Å²) in [6.45, 7) is 10.6. The lowest BCUT2D eigenvalue weighted by molar-refractivity contribution is -0.903. The number of quaternary nitrogens is 1. The van der Waals surface area contributed by atoms with Crippen LogP contribution in [0.25, 0.3) is 0 Å². The van der Waals surface area contributed by atoms with E-state index in [-0.39, 0.29) is 24.7 Å². The molecule has 3 nitrogen and oxygen atoms in total. The van der Waals surface area contributed by atoms with Gasteiger partial charge in [-0.05, 0) is 11.8 Å². The van der Waals surface area contributed by atoms with Gasteiger partial charge in [-0.2, -0.15) is 0 Å². The maximum Gasteiger partial charge on any atom is 0.308 e. The molecule has 23 heavy (non-hydrogen) atoms. The van der Waals surface area contributed by atoms with Crippen LogP contribution < -0.4 is 0 Å². The highest BCUT2D eigenvalue weighted by molar-refractivity contribution is 5.72. The Bertz CT molecular complexity index is 460. The Morgan fingerprint density at radius 2 is 1.74 bits per heavy atom. The minimum absolute atomic E-state index is 0. The fourth-order valence-electron chi connectivity index (χ4n) is 2.69. The Balaban J connectivity index is 0.00000484. The van der Waals surface area contributed by atoms with Gasteiger partial charge in [-0.15, -0.1) is 0 Å². The van der Waals surface area contributed by atoms with E-state index in [4.69, 9.17) is 4.74 Å². The predicted octanol–water partition coefficient (Wildman–Crippen LogP) is 4.51. The van der Waals surface area contributed by atoms with Crippen LogP contribution in [-0.2, 0) is 16.1 Å². The van der Waals surface area contributed by atoms with Crippen molar-refractivity contribution in [1.82, 2.24) is 0 Å². The summed E-state index contributed by atoms with van der Waals surface area (Å²) in [5, 5.41) is 0. The van der Waals surface area contributed by atoms with Crippen molar-refractivity contribution in [2.45, 2.75) is 48.1 Å². The standard InChI is InChI=1S/C19H32NO2.CH4/c1-16(14-19(2,3)4)18(21)22-13-12-20(5,6)15-17-10-8-7-9-11-17;/h7-11,16H,12-15H2,1-6H3;1H4/q+1;. The fraction of sp³-hybridized carbons (Fsp3) is 0.650. The van der Waals surface area contributed by atoms with Crippen LogP contribution >= 0.6 is 0 Å². The molecule has 3 heteroatoms. The van der Waals surface area contributed by atoms with Gasteiger partial charge in [0.2, 0.25) is 0 Å². The van der Waals surface area contributed by atoms with E-state index in [1.807, 2.05) is 13.0 Å². The average Bonchev–Trinajstić information content (AvgIpc) is 2.36. The molecule has 0 radical (unpaired) electrons. The zero-order valence-corrected chi connectivity index (χ0v) is 15.1. The average molecular weight is 323 g/mol. The van der Waals surface area contributed by atoms with Crippen molar-refractivity contribution in [3.63, 3.8) is 0 Å². The Kier molecular flexibility index (Phi) is 8.54. The fourth-order valence-corrected chi connectivity index (χ4v) is 2.69. The molecular weight excluding hydrogens is 286 g/mol. The monoisotopic (exact) mass is 322 g/mol. The third-order valence-electron chi connectivity index (χ3n) is 3.72. The van der Waals surface area contributed by atoms with Gasteiger partial charge in [-0.3, -0.25) is 4.79 Å². The number of esters is 1. The van der Waals surface area contributed by atoms with Crippen LogP contribution in [0.15, 0.2) is 30.3 Å². The Labute approximate surface area is 143 Å². The normalized spacial score (nSPS) is 13.1. The molecule has 0 saturated carbocycles. The van der Waals surface area contributed by atoms with Crippen molar-refractivity contribution in [3.05, 3.63) is 35.9 Å². The van der Waals surface area contributed by atoms with E-state index in [1.165, 1.54) is 5.56 Å². The third kappa shape index (κ3) is 9.39. The van der Waals surface area contributed by atoms with Crippen LogP contribution in [0.2, 0.25) is 0 Å². The van der Waals surface area contributed by atoms with E-state index >= 15 is 0 Å². The maximum atomic E-state index is 12.0. The Morgan fingerprint density at radius 3 is 2.26 bits per heavy atom. The van der Waals surface area contributed by atoms with Gasteiger partial charge in [0.1, 0.15) is 19.7 Å². The molecule has 0 fully saturated rings. The minimum atomic E-state index is -0.0744. The molecule has 0 spiro atoms. The van der Waals surface area contributed by atoms with Gasteiger partial charge in [0.25, 0.3) is 0 Å². The van der Waals surface area contributed by atoms with Crippen LogP contribution in [0, 0.1) is 11.3 Å². The highest BCUT2D eigenvalue weighted by Crippen LogP contribution is 2.24. The number of nitrogens with zero attached hydrogens (tertiary/aromatic N) is 1. The molecule has 1 atom stereocenters. The van der Waals surface area contributed by atoms with Crippen LogP contribution in [-0.4, -0.2) is 37.7 Å². The predicted molar refractivity (Wildman–Crippen MR) is 98.0 cm³/mol. The molecule has 0 saturated heterocycles. The summed E-state index contributed by atoms with van der Waals surface area (Å²) in [4.78, 5) is 12.0. The van der Waals surface area contributed by atoms with Gasteiger partial charge in [0.15, 0.2) is 0 Å². The van der Waals surface area contributed by atoms with Crippen LogP contribution in [0.5, 0.6) is 0 Å². The van der Waals surface area contributed by atoms with Crippen LogP contribution in [0.3, 0.4) is 0 Å². The Hall–Kier alpha value is -1.35. The van der Waals surface area contributed by atoms with E-state index < -0.39 is 0 Å². The first kappa shape index (κ1) is 21.6. The van der Waals surface area contributed by atoms with E-state index in [0.29, 0.717) is 6.61 Å². The molecule has 0 aromatic heterocycles. The minimum Gasteiger partial charge on any atom is -0.459 e. The van der Waals surface area contributed by atoms with Gasteiger partial charge in [-0.1, -0.05) is 65.5 Å². The SMILES string of the molecule is C.CC(CC(C)(C)C)C(=O)OCC[N+](C)(C)Cc1ccccc1. The second-order valence-corrected chi connectivity index (χ2v) is 8.14. The number of hydrogen-bond donors (Lipinski definition) is 0. The number of carbonyl (C=O) groups is 1. The molecule has 1 unspecified atom stereocenters. The van der Waals surface area contributed by atoms with Gasteiger partial charge in [0, 0.05) is 5.56 Å². The molecule has 0 bridgehead atoms. The highest BCUT2D eigenvalue weighted by Gasteiger charge is 2.23. The van der Waals surface area contributed by atoms with Crippen molar-refractivity contribution in [2.75, 3.05) is 27.2 Å². The molecule has 1 aromatic carbocycles. The lowest BCUT2D eigenvalue weighted by Gasteiger charge is -2.30. The smallest absolute Gasteiger partial charge is 0.308 e. The zero-order chi connectivity index (χ0) is 16.8. The highest BCUT2D eigenvalue weighted by atomic mass is 16.5. The molecular formula is C20H36NO2+. The first-order valence-corrected chi connectivity index (χ1v) is 8.12. The van der Waals surface area contributed by atoms with Crippen LogP contribution in [0.4, 0.5) is 0 Å². The lowest BCUT2D eigenvalue weighted by atomic mass is 9.85. The largest absolute Gasteiger partial charge is 0.459 e. The van der Waals surface area contributed by atoms with Gasteiger partial charge in [0.05, 0.1) is 20.0 Å². The summed E-state index contributed by atoms with van der Waals surface area (Å²) in [5.74, 6) is -0.112. The molecule has 0 N–H and O–H groups in total. The lowest BCUT2D eigenvalue weighted by Crippen LogP contribution is -2.42. The van der Waals surface area contributed by atoms with E-state index in [1.54, 1.807) is 0 Å². The van der Waals surface area contributed by atoms with E-state index in [9.17, 15) is 4.79 Å². The van der Waals surface area contributed by atoms with Crippen molar-refractivity contribution >= 4 is 5.97 Å². The second-order valence-electron chi connectivity index (χ2n) is 8.14. The van der Waals surface area contributed by atoms with E-state index in [2.05, 4.69) is 59.1 Å². The molecule has 132 valence electrons. The molecule has 0 aliphatic rings. The second kappa shape index (κ2) is 9.07. The topological polar surface area (TPSA) is 26.3 Å². The summed E-state index contributed by atoms with van der Waals surface area (Å²) in [5.41, 5.74) is 1.46.